The zero-order chi connectivity index (χ0) is 13.1. The molecule has 0 saturated heterocycles. The highest BCUT2D eigenvalue weighted by Gasteiger charge is 2.35. The summed E-state index contributed by atoms with van der Waals surface area (Å²) in [6.07, 6.45) is 0. The maximum absolute atomic E-state index is 12.6. The number of carbonyl (C=O) groups excluding carboxylic acids is 1. The maximum Gasteiger partial charge on any atom is 0.267 e. The van der Waals surface area contributed by atoms with Gasteiger partial charge in [0, 0.05) is 0 Å². The van der Waals surface area contributed by atoms with Crippen LogP contribution in [0.5, 0.6) is 0 Å². The normalized spacial score (nSPS) is 11.1. The van der Waals surface area contributed by atoms with Gasteiger partial charge >= 0.3 is 0 Å². The van der Waals surface area contributed by atoms with Gasteiger partial charge in [0.15, 0.2) is 0 Å². The van der Waals surface area contributed by atoms with Crippen molar-refractivity contribution in [2.75, 3.05) is 0 Å². The average Bonchev–Trinajstić information content (AvgIpc) is 2.25. The molecule has 1 N–H and O–H groups in total. The lowest BCUT2D eigenvalue weighted by Gasteiger charge is -2.11. The highest BCUT2D eigenvalue weighted by atomic mass is 35.6. The number of halogens is 4. The second-order valence-corrected chi connectivity index (χ2v) is 5.35. The molecule has 0 fully saturated rings. The Kier molecular flexibility index (Phi) is 4.74. The molecule has 0 atom stereocenters. The summed E-state index contributed by atoms with van der Waals surface area (Å²) in [6.45, 7) is -0.0778. The van der Waals surface area contributed by atoms with Gasteiger partial charge in [-0.3, -0.25) is 10.2 Å². The minimum Gasteiger partial charge on any atom is -0.471 e. The average molecular weight is 299 g/mol. The van der Waals surface area contributed by atoms with Crippen LogP contribution in [0, 0.1) is 11.2 Å². The Balaban J connectivity index is 2.54. The molecule has 0 spiro atoms. The summed E-state index contributed by atoms with van der Waals surface area (Å²) in [7, 11) is 0. The summed E-state index contributed by atoms with van der Waals surface area (Å²) in [4.78, 5) is 11.2. The molecular formula is C10H7Cl3FNO2. The first kappa shape index (κ1) is 14.2. The molecule has 1 aromatic carbocycles. The van der Waals surface area contributed by atoms with Crippen LogP contribution in [0.15, 0.2) is 24.3 Å². The van der Waals surface area contributed by atoms with Crippen molar-refractivity contribution in [1.82, 2.24) is 0 Å². The fourth-order valence-electron chi connectivity index (χ4n) is 0.930. The molecule has 0 aliphatic carbocycles. The van der Waals surface area contributed by atoms with Crippen molar-refractivity contribution in [3.05, 3.63) is 35.6 Å². The van der Waals surface area contributed by atoms with Crippen molar-refractivity contribution in [3.8, 4) is 0 Å². The van der Waals surface area contributed by atoms with E-state index < -0.39 is 15.5 Å². The molecule has 17 heavy (non-hydrogen) atoms. The van der Waals surface area contributed by atoms with Crippen molar-refractivity contribution in [3.63, 3.8) is 0 Å². The SMILES string of the molecule is N=C(OCc1ccc(F)cc1)C(=O)C(Cl)(Cl)Cl. The third-order valence-electron chi connectivity index (χ3n) is 1.76. The lowest BCUT2D eigenvalue weighted by Crippen LogP contribution is -2.29. The molecule has 0 aliphatic heterocycles. The molecule has 0 heterocycles. The number of Topliss-reactive ketones (excluding diaryl/α,β-unsaturated/α-hetero) is 1. The molecule has 1 rings (SSSR count). The van der Waals surface area contributed by atoms with Crippen LogP contribution in [-0.4, -0.2) is 15.5 Å². The Bertz CT molecular complexity index is 428. The van der Waals surface area contributed by atoms with E-state index in [1.165, 1.54) is 24.3 Å². The molecule has 0 radical (unpaired) electrons. The molecule has 92 valence electrons. The van der Waals surface area contributed by atoms with Gasteiger partial charge in [0.2, 0.25) is 0 Å². The fraction of sp³-hybridized carbons (Fsp3) is 0.200. The molecule has 3 nitrogen and oxygen atoms in total. The monoisotopic (exact) mass is 297 g/mol. The van der Waals surface area contributed by atoms with E-state index in [1.807, 2.05) is 0 Å². The van der Waals surface area contributed by atoms with Gasteiger partial charge in [-0.05, 0) is 17.7 Å². The minimum atomic E-state index is -2.21. The smallest absolute Gasteiger partial charge is 0.267 e. The predicted octanol–water partition coefficient (Wildman–Crippen LogP) is 3.26. The van der Waals surface area contributed by atoms with Crippen LogP contribution in [0.2, 0.25) is 0 Å². The molecule has 0 aromatic heterocycles. The molecule has 0 saturated carbocycles. The van der Waals surface area contributed by atoms with E-state index in [9.17, 15) is 9.18 Å². The predicted molar refractivity (Wildman–Crippen MR) is 64.2 cm³/mol. The van der Waals surface area contributed by atoms with E-state index in [1.54, 1.807) is 0 Å². The van der Waals surface area contributed by atoms with Gasteiger partial charge in [0.05, 0.1) is 0 Å². The van der Waals surface area contributed by atoms with Gasteiger partial charge in [0.1, 0.15) is 12.4 Å². The topological polar surface area (TPSA) is 50.1 Å². The molecule has 1 aromatic rings. The molecule has 0 amide bonds. The zero-order valence-electron chi connectivity index (χ0n) is 8.34. The minimum absolute atomic E-state index is 0.0778. The second-order valence-electron chi connectivity index (χ2n) is 3.07. The van der Waals surface area contributed by atoms with Crippen LogP contribution in [0.4, 0.5) is 4.39 Å². The van der Waals surface area contributed by atoms with Crippen LogP contribution in [0.3, 0.4) is 0 Å². The van der Waals surface area contributed by atoms with E-state index in [0.29, 0.717) is 5.56 Å². The lowest BCUT2D eigenvalue weighted by atomic mass is 10.2. The number of ketones is 1. The van der Waals surface area contributed by atoms with Crippen molar-refractivity contribution < 1.29 is 13.9 Å². The van der Waals surface area contributed by atoms with Gasteiger partial charge in [-0.15, -0.1) is 0 Å². The zero-order valence-corrected chi connectivity index (χ0v) is 10.6. The summed E-state index contributed by atoms with van der Waals surface area (Å²) < 4.78 is 15.2. The largest absolute Gasteiger partial charge is 0.471 e. The highest BCUT2D eigenvalue weighted by Crippen LogP contribution is 2.27. The molecule has 7 heteroatoms. The standard InChI is InChI=1S/C10H7Cl3FNO2/c11-10(12,13)8(16)9(15)17-5-6-1-3-7(14)4-2-6/h1-4,15H,5H2. The number of rotatable bonds is 3. The summed E-state index contributed by atoms with van der Waals surface area (Å²) in [5.41, 5.74) is 0.591. The third-order valence-corrected chi connectivity index (χ3v) is 2.28. The van der Waals surface area contributed by atoms with Crippen LogP contribution in [0.1, 0.15) is 5.56 Å². The van der Waals surface area contributed by atoms with E-state index in [2.05, 4.69) is 0 Å². The van der Waals surface area contributed by atoms with E-state index in [4.69, 9.17) is 44.9 Å². The van der Waals surface area contributed by atoms with Gasteiger partial charge in [-0.2, -0.15) is 0 Å². The van der Waals surface area contributed by atoms with Gasteiger partial charge in [-0.1, -0.05) is 46.9 Å². The quantitative estimate of drug-likeness (QED) is 0.529. The Morgan fingerprint density at radius 1 is 1.29 bits per heavy atom. The molecule has 0 bridgehead atoms. The third kappa shape index (κ3) is 4.50. The maximum atomic E-state index is 12.6. The van der Waals surface area contributed by atoms with Crippen LogP contribution in [-0.2, 0) is 16.1 Å². The first-order valence-electron chi connectivity index (χ1n) is 4.38. The number of ether oxygens (including phenoxy) is 1. The summed E-state index contributed by atoms with van der Waals surface area (Å²) in [5, 5.41) is 7.24. The fourth-order valence-corrected chi connectivity index (χ4v) is 1.19. The van der Waals surface area contributed by atoms with Crippen LogP contribution >= 0.6 is 34.8 Å². The molecule has 0 unspecified atom stereocenters. The first-order chi connectivity index (χ1) is 7.80. The Labute approximate surface area is 112 Å². The van der Waals surface area contributed by atoms with Gasteiger partial charge in [-0.25, -0.2) is 4.39 Å². The summed E-state index contributed by atoms with van der Waals surface area (Å²) >= 11 is 15.9. The van der Waals surface area contributed by atoms with E-state index in [-0.39, 0.29) is 12.4 Å². The second kappa shape index (κ2) is 5.67. The van der Waals surface area contributed by atoms with Crippen molar-refractivity contribution >= 4 is 46.5 Å². The Morgan fingerprint density at radius 3 is 2.29 bits per heavy atom. The van der Waals surface area contributed by atoms with Crippen molar-refractivity contribution in [1.29, 1.82) is 5.41 Å². The van der Waals surface area contributed by atoms with Crippen molar-refractivity contribution in [2.24, 2.45) is 0 Å². The number of hydrogen-bond acceptors (Lipinski definition) is 3. The molecular weight excluding hydrogens is 291 g/mol. The number of alkyl halides is 3. The lowest BCUT2D eigenvalue weighted by molar-refractivity contribution is -0.113. The summed E-state index contributed by atoms with van der Waals surface area (Å²) in [6, 6.07) is 5.39. The van der Waals surface area contributed by atoms with Crippen LogP contribution < -0.4 is 0 Å². The van der Waals surface area contributed by atoms with Crippen molar-refractivity contribution in [2.45, 2.75) is 10.4 Å². The van der Waals surface area contributed by atoms with E-state index >= 15 is 0 Å². The number of hydrogen-bond donors (Lipinski definition) is 1. The number of nitrogens with one attached hydrogen (secondary N) is 1. The summed E-state index contributed by atoms with van der Waals surface area (Å²) in [5.74, 6) is -2.19. The van der Waals surface area contributed by atoms with Gasteiger partial charge in [0.25, 0.3) is 15.5 Å². The first-order valence-corrected chi connectivity index (χ1v) is 5.51. The van der Waals surface area contributed by atoms with Gasteiger partial charge < -0.3 is 4.74 Å². The Hall–Kier alpha value is -0.840. The highest BCUT2D eigenvalue weighted by molar-refractivity contribution is 6.81. The van der Waals surface area contributed by atoms with Crippen LogP contribution in [0.25, 0.3) is 0 Å². The Morgan fingerprint density at radius 2 is 1.82 bits per heavy atom. The van der Waals surface area contributed by atoms with E-state index in [0.717, 1.165) is 0 Å². The number of benzene rings is 1. The number of carbonyl (C=O) groups is 1. The molecule has 0 aliphatic rings.